The topological polar surface area (TPSA) is 40.5 Å². The molecule has 0 radical (unpaired) electrons. The van der Waals surface area contributed by atoms with Crippen molar-refractivity contribution in [2.75, 3.05) is 5.88 Å². The van der Waals surface area contributed by atoms with Crippen molar-refractivity contribution in [3.05, 3.63) is 54.2 Å². The molecule has 1 aliphatic heterocycles. The number of carboxylic acid groups (broad SMARTS) is 1. The summed E-state index contributed by atoms with van der Waals surface area (Å²) in [6, 6.07) is 9.36. The van der Waals surface area contributed by atoms with Crippen LogP contribution in [-0.2, 0) is 4.79 Å². The second-order valence-corrected chi connectivity index (χ2v) is 6.92. The molecule has 1 atom stereocenters. The summed E-state index contributed by atoms with van der Waals surface area (Å²) in [5, 5.41) is 9.43. The van der Waals surface area contributed by atoms with Crippen LogP contribution in [0.4, 0.5) is 0 Å². The molecule has 1 saturated heterocycles. The van der Waals surface area contributed by atoms with E-state index in [2.05, 4.69) is 6.58 Å². The van der Waals surface area contributed by atoms with Crippen LogP contribution in [0.2, 0.25) is 0 Å². The quantitative estimate of drug-likeness (QED) is 0.862. The lowest BCUT2D eigenvalue weighted by Gasteiger charge is -2.29. The lowest BCUT2D eigenvalue weighted by atomic mass is 10.0. The molecule has 1 aliphatic rings. The van der Waals surface area contributed by atoms with Gasteiger partial charge in [-0.05, 0) is 25.5 Å². The molecular formula is C16H19NO2S. The maximum absolute atomic E-state index is 11.5. The van der Waals surface area contributed by atoms with Gasteiger partial charge in [0.1, 0.15) is 6.04 Å². The summed E-state index contributed by atoms with van der Waals surface area (Å²) in [4.78, 5) is 13.3. The largest absolute Gasteiger partial charge is 0.480 e. The zero-order valence-corrected chi connectivity index (χ0v) is 12.6. The Labute approximate surface area is 124 Å². The van der Waals surface area contributed by atoms with Crippen LogP contribution in [0.25, 0.3) is 6.08 Å². The highest BCUT2D eigenvalue weighted by atomic mass is 32.2. The van der Waals surface area contributed by atoms with Crippen LogP contribution < -0.4 is 0 Å². The van der Waals surface area contributed by atoms with Gasteiger partial charge in [0, 0.05) is 10.4 Å². The van der Waals surface area contributed by atoms with E-state index in [1.54, 1.807) is 11.8 Å². The molecule has 1 fully saturated rings. The van der Waals surface area contributed by atoms with E-state index in [-0.39, 0.29) is 4.75 Å². The highest BCUT2D eigenvalue weighted by Crippen LogP contribution is 2.41. The van der Waals surface area contributed by atoms with Crippen LogP contribution in [0.1, 0.15) is 19.4 Å². The van der Waals surface area contributed by atoms with Gasteiger partial charge in [0.15, 0.2) is 0 Å². The third-order valence-electron chi connectivity index (χ3n) is 3.42. The highest BCUT2D eigenvalue weighted by Gasteiger charge is 2.46. The third-order valence-corrected chi connectivity index (χ3v) is 4.79. The molecule has 4 heteroatoms. The summed E-state index contributed by atoms with van der Waals surface area (Å²) in [5.41, 5.74) is 1.81. The normalized spacial score (nSPS) is 21.3. The predicted molar refractivity (Wildman–Crippen MR) is 84.4 cm³/mol. The molecule has 1 aromatic carbocycles. The first-order chi connectivity index (χ1) is 9.42. The number of thioether (sulfide) groups is 1. The molecule has 20 heavy (non-hydrogen) atoms. The van der Waals surface area contributed by atoms with E-state index in [1.165, 1.54) is 0 Å². The molecule has 0 unspecified atom stereocenters. The molecule has 0 bridgehead atoms. The van der Waals surface area contributed by atoms with Gasteiger partial charge in [0.25, 0.3) is 0 Å². The molecule has 2 rings (SSSR count). The van der Waals surface area contributed by atoms with Crippen molar-refractivity contribution in [2.45, 2.75) is 24.6 Å². The minimum Gasteiger partial charge on any atom is -0.480 e. The summed E-state index contributed by atoms with van der Waals surface area (Å²) >= 11 is 1.64. The fraction of sp³-hybridized carbons (Fsp3) is 0.312. The van der Waals surface area contributed by atoms with Gasteiger partial charge in [-0.3, -0.25) is 0 Å². The minimum absolute atomic E-state index is 0.310. The van der Waals surface area contributed by atoms with Gasteiger partial charge >= 0.3 is 5.97 Å². The van der Waals surface area contributed by atoms with Gasteiger partial charge in [0.05, 0.1) is 5.88 Å². The van der Waals surface area contributed by atoms with Crippen LogP contribution in [0, 0.1) is 0 Å². The van der Waals surface area contributed by atoms with Crippen LogP contribution in [0.15, 0.2) is 48.7 Å². The number of hydrogen-bond acceptors (Lipinski definition) is 3. The van der Waals surface area contributed by atoms with Crippen LogP contribution >= 0.6 is 11.8 Å². The summed E-state index contributed by atoms with van der Waals surface area (Å²) in [6.07, 6.45) is 3.84. The highest BCUT2D eigenvalue weighted by molar-refractivity contribution is 8.00. The minimum atomic E-state index is -0.797. The Bertz CT molecular complexity index is 537. The number of aliphatic carboxylic acids is 1. The van der Waals surface area contributed by atoms with E-state index in [1.807, 2.05) is 61.2 Å². The van der Waals surface area contributed by atoms with E-state index in [9.17, 15) is 9.90 Å². The van der Waals surface area contributed by atoms with Crippen LogP contribution in [0.3, 0.4) is 0 Å². The van der Waals surface area contributed by atoms with Crippen molar-refractivity contribution in [3.63, 3.8) is 0 Å². The lowest BCUT2D eigenvalue weighted by molar-refractivity contribution is -0.142. The van der Waals surface area contributed by atoms with Gasteiger partial charge in [-0.25, -0.2) is 4.79 Å². The molecule has 1 heterocycles. The number of carbonyl (C=O) groups is 1. The number of carboxylic acids is 1. The molecule has 0 saturated carbocycles. The maximum Gasteiger partial charge on any atom is 0.327 e. The number of rotatable bonds is 4. The zero-order chi connectivity index (χ0) is 14.8. The number of benzene rings is 1. The van der Waals surface area contributed by atoms with Gasteiger partial charge in [0.2, 0.25) is 0 Å². The van der Waals surface area contributed by atoms with Gasteiger partial charge in [-0.2, -0.15) is 0 Å². The van der Waals surface area contributed by atoms with Gasteiger partial charge < -0.3 is 10.0 Å². The Morgan fingerprint density at radius 2 is 2.10 bits per heavy atom. The molecule has 3 nitrogen and oxygen atoms in total. The van der Waals surface area contributed by atoms with Gasteiger partial charge in [-0.15, -0.1) is 11.8 Å². The number of allylic oxidation sites excluding steroid dienone is 1. The van der Waals surface area contributed by atoms with Crippen molar-refractivity contribution >= 4 is 23.8 Å². The Morgan fingerprint density at radius 3 is 2.70 bits per heavy atom. The molecule has 106 valence electrons. The Hall–Kier alpha value is -1.68. The van der Waals surface area contributed by atoms with Crippen molar-refractivity contribution in [2.24, 2.45) is 0 Å². The zero-order valence-electron chi connectivity index (χ0n) is 11.7. The molecule has 0 spiro atoms. The third kappa shape index (κ3) is 3.07. The first-order valence-electron chi connectivity index (χ1n) is 6.47. The van der Waals surface area contributed by atoms with E-state index in [0.29, 0.717) is 5.88 Å². The maximum atomic E-state index is 11.5. The molecule has 1 aromatic rings. The predicted octanol–water partition coefficient (Wildman–Crippen LogP) is 3.45. The first-order valence-corrected chi connectivity index (χ1v) is 7.46. The van der Waals surface area contributed by atoms with E-state index in [4.69, 9.17) is 0 Å². The Kier molecular flexibility index (Phi) is 4.23. The second kappa shape index (κ2) is 5.75. The number of hydrogen-bond donors (Lipinski definition) is 1. The van der Waals surface area contributed by atoms with E-state index >= 15 is 0 Å². The summed E-state index contributed by atoms with van der Waals surface area (Å²) in [6.45, 7) is 7.94. The molecule has 0 aromatic heterocycles. The summed E-state index contributed by atoms with van der Waals surface area (Å²) in [7, 11) is 0. The summed E-state index contributed by atoms with van der Waals surface area (Å²) in [5.74, 6) is -0.142. The SMILES string of the molecule is C=C(/C=C/c1ccccc1)N1CSC(C)(C)[C@H]1C(=O)O. The van der Waals surface area contributed by atoms with Crippen molar-refractivity contribution in [1.29, 1.82) is 0 Å². The second-order valence-electron chi connectivity index (χ2n) is 5.32. The lowest BCUT2D eigenvalue weighted by Crippen LogP contribution is -2.45. The van der Waals surface area contributed by atoms with Gasteiger partial charge in [-0.1, -0.05) is 43.0 Å². The molecule has 0 aliphatic carbocycles. The van der Waals surface area contributed by atoms with E-state index < -0.39 is 12.0 Å². The monoisotopic (exact) mass is 289 g/mol. The van der Waals surface area contributed by atoms with Crippen molar-refractivity contribution in [1.82, 2.24) is 4.90 Å². The average molecular weight is 289 g/mol. The van der Waals surface area contributed by atoms with Crippen LogP contribution in [-0.4, -0.2) is 32.6 Å². The fourth-order valence-corrected chi connectivity index (χ4v) is 3.47. The Balaban J connectivity index is 2.13. The molecule has 0 amide bonds. The fourth-order valence-electron chi connectivity index (χ4n) is 2.30. The van der Waals surface area contributed by atoms with Crippen molar-refractivity contribution < 1.29 is 9.90 Å². The average Bonchev–Trinajstić information content (AvgIpc) is 2.73. The van der Waals surface area contributed by atoms with Crippen molar-refractivity contribution in [3.8, 4) is 0 Å². The van der Waals surface area contributed by atoms with E-state index in [0.717, 1.165) is 11.3 Å². The summed E-state index contributed by atoms with van der Waals surface area (Å²) < 4.78 is -0.310. The first kappa shape index (κ1) is 14.7. The van der Waals surface area contributed by atoms with Crippen LogP contribution in [0.5, 0.6) is 0 Å². The molecular weight excluding hydrogens is 270 g/mol. The Morgan fingerprint density at radius 1 is 1.45 bits per heavy atom. The number of nitrogens with zero attached hydrogens (tertiary/aromatic N) is 1. The standard InChI is InChI=1S/C16H19NO2S/c1-12(9-10-13-7-5-4-6-8-13)17-11-20-16(2,3)14(17)15(18)19/h4-10,14H,1,11H2,2-3H3,(H,18,19)/b10-9+/t14-/m1/s1. The molecule has 1 N–H and O–H groups in total. The smallest absolute Gasteiger partial charge is 0.327 e.